The van der Waals surface area contributed by atoms with Crippen LogP contribution in [0.3, 0.4) is 0 Å². The van der Waals surface area contributed by atoms with Crippen LogP contribution in [0.4, 0.5) is 4.39 Å². The quantitative estimate of drug-likeness (QED) is 0.315. The summed E-state index contributed by atoms with van der Waals surface area (Å²) in [5.41, 5.74) is 1.30. The molecule has 0 amide bonds. The molecule has 0 unspecified atom stereocenters. The van der Waals surface area contributed by atoms with Gasteiger partial charge in [0.15, 0.2) is 0 Å². The second-order valence-corrected chi connectivity index (χ2v) is 7.44. The average Bonchev–Trinajstić information content (AvgIpc) is 3.18. The molecular weight excluding hydrogens is 423 g/mol. The largest absolute Gasteiger partial charge is 0.478 e. The van der Waals surface area contributed by atoms with Crippen LogP contribution < -0.4 is 0 Å². The van der Waals surface area contributed by atoms with Crippen molar-refractivity contribution in [3.05, 3.63) is 76.6 Å². The summed E-state index contributed by atoms with van der Waals surface area (Å²) < 4.78 is 14.5. The summed E-state index contributed by atoms with van der Waals surface area (Å²) >= 11 is 6.21. The van der Waals surface area contributed by atoms with Gasteiger partial charge in [-0.2, -0.15) is 0 Å². The average molecular weight is 435 g/mol. The van der Waals surface area contributed by atoms with Crippen molar-refractivity contribution in [1.29, 1.82) is 0 Å². The molecule has 31 heavy (non-hydrogen) atoms. The first kappa shape index (κ1) is 19.0. The minimum atomic E-state index is -1.11. The zero-order valence-electron chi connectivity index (χ0n) is 15.6. The number of benzene rings is 4. The van der Waals surface area contributed by atoms with E-state index >= 15 is 0 Å². The predicted molar refractivity (Wildman–Crippen MR) is 115 cm³/mol. The van der Waals surface area contributed by atoms with Gasteiger partial charge in [-0.3, -0.25) is 0 Å². The summed E-state index contributed by atoms with van der Waals surface area (Å²) in [4.78, 5) is 30.7. The van der Waals surface area contributed by atoms with Crippen molar-refractivity contribution < 1.29 is 24.2 Å². The van der Waals surface area contributed by atoms with Crippen molar-refractivity contribution in [2.24, 2.45) is 0 Å². The number of carbonyl (C=O) groups is 2. The number of aromatic nitrogens is 2. The van der Waals surface area contributed by atoms with E-state index in [9.17, 15) is 24.2 Å². The van der Waals surface area contributed by atoms with Crippen LogP contribution in [-0.2, 0) is 0 Å². The van der Waals surface area contributed by atoms with Crippen LogP contribution in [0.5, 0.6) is 0 Å². The first-order valence-corrected chi connectivity index (χ1v) is 9.53. The Morgan fingerprint density at radius 3 is 2.10 bits per heavy atom. The monoisotopic (exact) mass is 434 g/mol. The maximum Gasteiger partial charge on any atom is 0.335 e. The lowest BCUT2D eigenvalue weighted by molar-refractivity contribution is 0.0686. The van der Waals surface area contributed by atoms with Crippen LogP contribution in [0, 0.1) is 5.82 Å². The molecule has 0 aliphatic carbocycles. The van der Waals surface area contributed by atoms with Crippen molar-refractivity contribution in [3.63, 3.8) is 0 Å². The van der Waals surface area contributed by atoms with Crippen molar-refractivity contribution in [3.8, 4) is 11.4 Å². The number of halogens is 2. The summed E-state index contributed by atoms with van der Waals surface area (Å²) in [5.74, 6) is -2.53. The molecule has 6 nitrogen and oxygen atoms in total. The number of nitrogens with zero attached hydrogens (tertiary/aromatic N) is 1. The van der Waals surface area contributed by atoms with Gasteiger partial charge in [0.1, 0.15) is 11.6 Å². The lowest BCUT2D eigenvalue weighted by atomic mass is 9.96. The standard InChI is InChI=1S/C23H12ClFN2O4/c24-16-2-1-3-17(25)18(16)21-26-19-12-6-4-10(22(28)29)8-14(12)15-9-11(23(30)31)5-7-13(15)20(19)27-21/h1-9H,(H,26,27)(H,28,29)(H,30,31). The highest BCUT2D eigenvalue weighted by atomic mass is 35.5. The number of aromatic amines is 1. The van der Waals surface area contributed by atoms with E-state index in [-0.39, 0.29) is 27.5 Å². The molecule has 8 heteroatoms. The third kappa shape index (κ3) is 2.90. The van der Waals surface area contributed by atoms with Gasteiger partial charge >= 0.3 is 11.9 Å². The molecular formula is C23H12ClFN2O4. The van der Waals surface area contributed by atoms with Gasteiger partial charge in [0.25, 0.3) is 0 Å². The molecule has 0 aliphatic heterocycles. The van der Waals surface area contributed by atoms with E-state index < -0.39 is 17.8 Å². The van der Waals surface area contributed by atoms with Gasteiger partial charge in [-0.25, -0.2) is 19.0 Å². The molecule has 0 atom stereocenters. The number of imidazole rings is 1. The molecule has 0 spiro atoms. The summed E-state index contributed by atoms with van der Waals surface area (Å²) in [7, 11) is 0. The Hall–Kier alpha value is -3.97. The Kier molecular flexibility index (Phi) is 4.16. The zero-order chi connectivity index (χ0) is 21.9. The minimum Gasteiger partial charge on any atom is -0.478 e. The molecule has 5 aromatic rings. The van der Waals surface area contributed by atoms with Crippen molar-refractivity contribution in [2.75, 3.05) is 0 Å². The van der Waals surface area contributed by atoms with E-state index in [0.29, 0.717) is 32.6 Å². The van der Waals surface area contributed by atoms with Crippen LogP contribution in [0.15, 0.2) is 54.6 Å². The van der Waals surface area contributed by atoms with Gasteiger partial charge in [0.2, 0.25) is 0 Å². The molecule has 1 heterocycles. The Bertz CT molecular complexity index is 1460. The fraction of sp³-hybridized carbons (Fsp3) is 0. The predicted octanol–water partition coefficient (Wildman–Crippen LogP) is 5.73. The van der Waals surface area contributed by atoms with Crippen LogP contribution in [0.2, 0.25) is 5.02 Å². The molecule has 1 aromatic heterocycles. The van der Waals surface area contributed by atoms with E-state index in [0.717, 1.165) is 0 Å². The minimum absolute atomic E-state index is 0.0572. The third-order valence-corrected chi connectivity index (χ3v) is 5.57. The van der Waals surface area contributed by atoms with E-state index in [1.165, 1.54) is 36.4 Å². The lowest BCUT2D eigenvalue weighted by Gasteiger charge is -2.08. The number of carboxylic acid groups (broad SMARTS) is 2. The molecule has 4 aromatic carbocycles. The Labute approximate surface area is 178 Å². The molecule has 0 fully saturated rings. The van der Waals surface area contributed by atoms with Crippen LogP contribution in [-0.4, -0.2) is 32.1 Å². The fourth-order valence-electron chi connectivity index (χ4n) is 3.83. The highest BCUT2D eigenvalue weighted by Gasteiger charge is 2.19. The van der Waals surface area contributed by atoms with Gasteiger partial charge in [0.05, 0.1) is 32.7 Å². The Balaban J connectivity index is 1.95. The van der Waals surface area contributed by atoms with E-state index in [1.54, 1.807) is 18.2 Å². The molecule has 0 saturated carbocycles. The smallest absolute Gasteiger partial charge is 0.335 e. The van der Waals surface area contributed by atoms with E-state index in [4.69, 9.17) is 11.6 Å². The second kappa shape index (κ2) is 6.78. The number of aromatic carboxylic acids is 2. The molecule has 0 saturated heterocycles. The number of rotatable bonds is 3. The van der Waals surface area contributed by atoms with Gasteiger partial charge < -0.3 is 15.2 Å². The van der Waals surface area contributed by atoms with Gasteiger partial charge in [-0.05, 0) is 47.2 Å². The Morgan fingerprint density at radius 2 is 1.48 bits per heavy atom. The van der Waals surface area contributed by atoms with Crippen LogP contribution >= 0.6 is 11.6 Å². The number of carboxylic acids is 2. The number of hydrogen-bond acceptors (Lipinski definition) is 3. The summed E-state index contributed by atoms with van der Waals surface area (Å²) in [6, 6.07) is 13.4. The molecule has 5 rings (SSSR count). The fourth-order valence-corrected chi connectivity index (χ4v) is 4.08. The molecule has 152 valence electrons. The molecule has 0 aliphatic rings. The molecule has 3 N–H and O–H groups in total. The highest BCUT2D eigenvalue weighted by molar-refractivity contribution is 6.33. The topological polar surface area (TPSA) is 103 Å². The van der Waals surface area contributed by atoms with Crippen molar-refractivity contribution in [2.45, 2.75) is 0 Å². The van der Waals surface area contributed by atoms with E-state index in [2.05, 4.69) is 9.97 Å². The second-order valence-electron chi connectivity index (χ2n) is 7.04. The maximum absolute atomic E-state index is 14.5. The number of hydrogen-bond donors (Lipinski definition) is 3. The summed E-state index contributed by atoms with van der Waals surface area (Å²) in [6.45, 7) is 0. The van der Waals surface area contributed by atoms with Crippen molar-refractivity contribution in [1.82, 2.24) is 9.97 Å². The lowest BCUT2D eigenvalue weighted by Crippen LogP contribution is -1.97. The molecule has 0 radical (unpaired) electrons. The summed E-state index contributed by atoms with van der Waals surface area (Å²) in [6.07, 6.45) is 0. The van der Waals surface area contributed by atoms with E-state index in [1.807, 2.05) is 0 Å². The summed E-state index contributed by atoms with van der Waals surface area (Å²) in [5, 5.41) is 21.3. The van der Waals surface area contributed by atoms with Crippen LogP contribution in [0.25, 0.3) is 44.0 Å². The van der Waals surface area contributed by atoms with Gasteiger partial charge in [-0.1, -0.05) is 29.8 Å². The normalized spacial score (nSPS) is 11.4. The number of fused-ring (bicyclic) bond motifs is 6. The Morgan fingerprint density at radius 1 is 0.871 bits per heavy atom. The SMILES string of the molecule is O=C(O)c1ccc2c(c1)c1cc(C(=O)O)ccc1c1[nH]c(-c3c(F)cccc3Cl)nc21. The zero-order valence-corrected chi connectivity index (χ0v) is 16.4. The number of nitrogens with one attached hydrogen (secondary N) is 1. The van der Waals surface area contributed by atoms with Crippen LogP contribution in [0.1, 0.15) is 20.7 Å². The maximum atomic E-state index is 14.5. The molecule has 0 bridgehead atoms. The van der Waals surface area contributed by atoms with Gasteiger partial charge in [-0.15, -0.1) is 0 Å². The number of H-pyrrole nitrogens is 1. The third-order valence-electron chi connectivity index (χ3n) is 5.25. The first-order valence-electron chi connectivity index (χ1n) is 9.15. The van der Waals surface area contributed by atoms with Crippen molar-refractivity contribution >= 4 is 56.1 Å². The highest BCUT2D eigenvalue weighted by Crippen LogP contribution is 2.38. The van der Waals surface area contributed by atoms with Gasteiger partial charge in [0, 0.05) is 10.8 Å². The first-order chi connectivity index (χ1) is 14.8.